The maximum atomic E-state index is 12.5. The molecule has 0 spiro atoms. The van der Waals surface area contributed by atoms with E-state index in [9.17, 15) is 14.7 Å². The van der Waals surface area contributed by atoms with Crippen LogP contribution in [0.5, 0.6) is 0 Å². The molecule has 0 bridgehead atoms. The third-order valence-corrected chi connectivity index (χ3v) is 5.28. The lowest BCUT2D eigenvalue weighted by atomic mass is 9.89. The summed E-state index contributed by atoms with van der Waals surface area (Å²) in [6, 6.07) is 9.67. The number of rotatable bonds is 3. The fraction of sp³-hybridized carbons (Fsp3) is 0.529. The van der Waals surface area contributed by atoms with E-state index in [0.29, 0.717) is 24.9 Å². The van der Waals surface area contributed by atoms with Crippen molar-refractivity contribution in [2.45, 2.75) is 19.8 Å². The quantitative estimate of drug-likeness (QED) is 0.927. The van der Waals surface area contributed by atoms with Crippen LogP contribution in [0.3, 0.4) is 0 Å². The Hall–Kier alpha value is -1.84. The van der Waals surface area contributed by atoms with Gasteiger partial charge in [-0.3, -0.25) is 9.59 Å². The summed E-state index contributed by atoms with van der Waals surface area (Å²) in [4.78, 5) is 25.8. The first-order chi connectivity index (χ1) is 10.0. The Morgan fingerprint density at radius 3 is 2.24 bits per heavy atom. The van der Waals surface area contributed by atoms with E-state index in [2.05, 4.69) is 13.8 Å². The van der Waals surface area contributed by atoms with Gasteiger partial charge in [-0.25, -0.2) is 0 Å². The molecule has 4 atom stereocenters. The molecular weight excluding hydrogens is 266 g/mol. The number of carbonyl (C=O) groups excluding carboxylic acids is 1. The number of benzene rings is 1. The highest BCUT2D eigenvalue weighted by Crippen LogP contribution is 2.47. The van der Waals surface area contributed by atoms with E-state index in [1.54, 1.807) is 4.90 Å². The van der Waals surface area contributed by atoms with Gasteiger partial charge in [0.15, 0.2) is 0 Å². The molecule has 3 rings (SSSR count). The molecule has 1 aliphatic heterocycles. The zero-order valence-corrected chi connectivity index (χ0v) is 12.4. The molecule has 1 aromatic carbocycles. The molecule has 1 saturated heterocycles. The smallest absolute Gasteiger partial charge is 0.308 e. The summed E-state index contributed by atoms with van der Waals surface area (Å²) in [5.41, 5.74) is 1.01. The molecule has 2 fully saturated rings. The highest BCUT2D eigenvalue weighted by atomic mass is 16.4. The minimum absolute atomic E-state index is 0.0916. The van der Waals surface area contributed by atoms with Gasteiger partial charge >= 0.3 is 5.97 Å². The summed E-state index contributed by atoms with van der Waals surface area (Å²) in [5, 5.41) is 9.46. The van der Waals surface area contributed by atoms with Crippen molar-refractivity contribution in [1.82, 2.24) is 4.90 Å². The standard InChI is InChI=1S/C17H21NO3/c1-10-11(2)15(10)16(19)18-8-13(14(9-18)17(20)21)12-6-4-3-5-7-12/h3-7,10-11,13-15H,8-9H2,1-2H3,(H,20,21)/t10-,11-,13+,14+/m1/s1. The molecular formula is C17H21NO3. The Balaban J connectivity index is 1.79. The zero-order valence-electron chi connectivity index (χ0n) is 12.4. The van der Waals surface area contributed by atoms with Gasteiger partial charge in [0.05, 0.1) is 5.92 Å². The average molecular weight is 287 g/mol. The van der Waals surface area contributed by atoms with E-state index in [1.165, 1.54) is 0 Å². The molecule has 1 aromatic rings. The Kier molecular flexibility index (Phi) is 3.47. The Bertz CT molecular complexity index is 548. The van der Waals surface area contributed by atoms with Gasteiger partial charge in [0.1, 0.15) is 0 Å². The Morgan fingerprint density at radius 1 is 1.10 bits per heavy atom. The number of hydrogen-bond donors (Lipinski definition) is 1. The Morgan fingerprint density at radius 2 is 1.71 bits per heavy atom. The summed E-state index contributed by atoms with van der Waals surface area (Å²) >= 11 is 0. The average Bonchev–Trinajstić information content (AvgIpc) is 2.92. The van der Waals surface area contributed by atoms with Crippen molar-refractivity contribution in [3.8, 4) is 0 Å². The van der Waals surface area contributed by atoms with Crippen LogP contribution in [-0.2, 0) is 9.59 Å². The topological polar surface area (TPSA) is 57.6 Å². The highest BCUT2D eigenvalue weighted by Gasteiger charge is 2.52. The van der Waals surface area contributed by atoms with E-state index in [-0.39, 0.29) is 17.7 Å². The number of nitrogens with zero attached hydrogens (tertiary/aromatic N) is 1. The van der Waals surface area contributed by atoms with E-state index in [1.807, 2.05) is 30.3 Å². The number of aliphatic carboxylic acids is 1. The van der Waals surface area contributed by atoms with Gasteiger partial charge in [-0.1, -0.05) is 44.2 Å². The fourth-order valence-electron chi connectivity index (χ4n) is 3.60. The lowest BCUT2D eigenvalue weighted by Gasteiger charge is -2.16. The largest absolute Gasteiger partial charge is 0.481 e. The first-order valence-corrected chi connectivity index (χ1v) is 7.57. The molecule has 0 unspecified atom stereocenters. The van der Waals surface area contributed by atoms with Gasteiger partial charge in [-0.05, 0) is 17.4 Å². The van der Waals surface area contributed by atoms with Crippen molar-refractivity contribution in [2.75, 3.05) is 13.1 Å². The second-order valence-corrected chi connectivity index (χ2v) is 6.45. The predicted octanol–water partition coefficient (Wildman–Crippen LogP) is 2.22. The second-order valence-electron chi connectivity index (χ2n) is 6.45. The lowest BCUT2D eigenvalue weighted by Crippen LogP contribution is -2.31. The number of hydrogen-bond acceptors (Lipinski definition) is 2. The maximum Gasteiger partial charge on any atom is 0.308 e. The van der Waals surface area contributed by atoms with Crippen LogP contribution in [0.2, 0.25) is 0 Å². The van der Waals surface area contributed by atoms with Crippen LogP contribution in [0.1, 0.15) is 25.3 Å². The second kappa shape index (κ2) is 5.17. The van der Waals surface area contributed by atoms with Gasteiger partial charge in [-0.2, -0.15) is 0 Å². The zero-order chi connectivity index (χ0) is 15.1. The van der Waals surface area contributed by atoms with E-state index in [0.717, 1.165) is 5.56 Å². The first-order valence-electron chi connectivity index (χ1n) is 7.57. The molecule has 1 saturated carbocycles. The van der Waals surface area contributed by atoms with Crippen LogP contribution in [-0.4, -0.2) is 35.0 Å². The maximum absolute atomic E-state index is 12.5. The number of amides is 1. The van der Waals surface area contributed by atoms with E-state index < -0.39 is 11.9 Å². The fourth-order valence-corrected chi connectivity index (χ4v) is 3.60. The number of carbonyl (C=O) groups is 2. The summed E-state index contributed by atoms with van der Waals surface area (Å²) in [6.45, 7) is 5.04. The molecule has 0 radical (unpaired) electrons. The molecule has 1 N–H and O–H groups in total. The van der Waals surface area contributed by atoms with Crippen LogP contribution in [0.15, 0.2) is 30.3 Å². The predicted molar refractivity (Wildman–Crippen MR) is 78.7 cm³/mol. The van der Waals surface area contributed by atoms with Gasteiger partial charge in [0.2, 0.25) is 5.91 Å². The van der Waals surface area contributed by atoms with Gasteiger partial charge < -0.3 is 10.0 Å². The summed E-state index contributed by atoms with van der Waals surface area (Å²) in [6.07, 6.45) is 0. The van der Waals surface area contributed by atoms with Crippen molar-refractivity contribution in [3.05, 3.63) is 35.9 Å². The lowest BCUT2D eigenvalue weighted by molar-refractivity contribution is -0.142. The molecule has 4 nitrogen and oxygen atoms in total. The van der Waals surface area contributed by atoms with Crippen LogP contribution in [0.25, 0.3) is 0 Å². The van der Waals surface area contributed by atoms with Crippen molar-refractivity contribution < 1.29 is 14.7 Å². The van der Waals surface area contributed by atoms with Gasteiger partial charge in [0, 0.05) is 24.9 Å². The summed E-state index contributed by atoms with van der Waals surface area (Å²) in [5.74, 6) is -0.324. The molecule has 1 heterocycles. The molecule has 1 amide bonds. The van der Waals surface area contributed by atoms with Crippen molar-refractivity contribution in [1.29, 1.82) is 0 Å². The first kappa shape index (κ1) is 14.1. The number of likely N-dealkylation sites (tertiary alicyclic amines) is 1. The van der Waals surface area contributed by atoms with Crippen LogP contribution >= 0.6 is 0 Å². The number of carboxylic acid groups (broad SMARTS) is 1. The molecule has 112 valence electrons. The van der Waals surface area contributed by atoms with Crippen LogP contribution in [0, 0.1) is 23.7 Å². The van der Waals surface area contributed by atoms with Crippen molar-refractivity contribution in [3.63, 3.8) is 0 Å². The van der Waals surface area contributed by atoms with Gasteiger partial charge in [-0.15, -0.1) is 0 Å². The molecule has 1 aliphatic carbocycles. The Labute approximate surface area is 124 Å². The van der Waals surface area contributed by atoms with Crippen molar-refractivity contribution in [2.24, 2.45) is 23.7 Å². The van der Waals surface area contributed by atoms with Crippen LogP contribution < -0.4 is 0 Å². The monoisotopic (exact) mass is 287 g/mol. The molecule has 21 heavy (non-hydrogen) atoms. The minimum atomic E-state index is -0.809. The highest BCUT2D eigenvalue weighted by molar-refractivity contribution is 5.84. The summed E-state index contributed by atoms with van der Waals surface area (Å²) in [7, 11) is 0. The van der Waals surface area contributed by atoms with Crippen LogP contribution in [0.4, 0.5) is 0 Å². The van der Waals surface area contributed by atoms with E-state index >= 15 is 0 Å². The van der Waals surface area contributed by atoms with Gasteiger partial charge in [0.25, 0.3) is 0 Å². The molecule has 0 aromatic heterocycles. The third kappa shape index (κ3) is 2.43. The SMILES string of the molecule is C[C@H]1C(C(=O)N2C[C@H](C(=O)O)[C@H](c3ccccc3)C2)[C@@H]1C. The minimum Gasteiger partial charge on any atom is -0.481 e. The molecule has 4 heteroatoms. The normalized spacial score (nSPS) is 34.8. The number of carboxylic acids is 1. The molecule has 2 aliphatic rings. The van der Waals surface area contributed by atoms with E-state index in [4.69, 9.17) is 0 Å². The summed E-state index contributed by atoms with van der Waals surface area (Å²) < 4.78 is 0. The third-order valence-electron chi connectivity index (χ3n) is 5.28. The van der Waals surface area contributed by atoms with Crippen molar-refractivity contribution >= 4 is 11.9 Å².